The molecule has 0 radical (unpaired) electrons. The van der Waals surface area contributed by atoms with Crippen molar-refractivity contribution in [2.45, 2.75) is 86.0 Å². The number of piperidine rings is 1. The van der Waals surface area contributed by atoms with Gasteiger partial charge in [-0.1, -0.05) is 53.5 Å². The van der Waals surface area contributed by atoms with Crippen LogP contribution in [0, 0.1) is 23.7 Å². The largest absolute Gasteiger partial charge is 0.319 e. The molecule has 2 atom stereocenters. The normalized spacial score (nSPS) is 22.4. The molecule has 1 fully saturated rings. The van der Waals surface area contributed by atoms with Crippen molar-refractivity contribution >= 4 is 5.91 Å². The smallest absolute Gasteiger partial charge is 0.226 e. The van der Waals surface area contributed by atoms with Gasteiger partial charge in [0.15, 0.2) is 0 Å². The molecule has 166 valence electrons. The van der Waals surface area contributed by atoms with Crippen molar-refractivity contribution in [2.24, 2.45) is 23.7 Å². The topological polar surface area (TPSA) is 23.6 Å². The summed E-state index contributed by atoms with van der Waals surface area (Å²) in [6.07, 6.45) is 14.4. The minimum Gasteiger partial charge on any atom is -0.319 e. The molecule has 2 aliphatic rings. The minimum atomic E-state index is 0.225. The molecule has 1 aliphatic carbocycles. The highest BCUT2D eigenvalue weighted by atomic mass is 16.2. The molecule has 0 bridgehead atoms. The first-order valence-electron chi connectivity index (χ1n) is 12.3. The minimum absolute atomic E-state index is 0.225. The van der Waals surface area contributed by atoms with Crippen molar-refractivity contribution in [3.05, 3.63) is 23.4 Å². The Morgan fingerprint density at radius 2 is 1.86 bits per heavy atom. The van der Waals surface area contributed by atoms with E-state index in [0.717, 1.165) is 18.3 Å². The van der Waals surface area contributed by atoms with Crippen molar-refractivity contribution in [1.82, 2.24) is 9.80 Å². The summed E-state index contributed by atoms with van der Waals surface area (Å²) in [7, 11) is 1.95. The number of carbonyl (C=O) groups is 1. The Bertz CT molecular complexity index is 569. The summed E-state index contributed by atoms with van der Waals surface area (Å²) in [6.45, 7) is 15.0. The van der Waals surface area contributed by atoms with E-state index >= 15 is 0 Å². The lowest BCUT2D eigenvalue weighted by molar-refractivity contribution is -0.128. The zero-order valence-corrected chi connectivity index (χ0v) is 20.0. The molecule has 0 aromatic rings. The highest BCUT2D eigenvalue weighted by Crippen LogP contribution is 2.34. The molecule has 2 unspecified atom stereocenters. The Labute approximate surface area is 180 Å². The number of nitrogens with zero attached hydrogens (tertiary/aromatic N) is 2. The fraction of sp³-hybridized carbons (Fsp3) is 0.808. The number of likely N-dealkylation sites (tertiary alicyclic amines) is 1. The van der Waals surface area contributed by atoms with Gasteiger partial charge in [0.05, 0.1) is 0 Å². The van der Waals surface area contributed by atoms with Crippen LogP contribution in [0.4, 0.5) is 0 Å². The van der Waals surface area contributed by atoms with Gasteiger partial charge >= 0.3 is 0 Å². The number of carbonyl (C=O) groups excluding carboxylic acids is 1. The van der Waals surface area contributed by atoms with Crippen LogP contribution < -0.4 is 0 Å². The molecule has 3 heteroatoms. The molecule has 1 aliphatic heterocycles. The Hall–Kier alpha value is -1.09. The maximum absolute atomic E-state index is 12.2. The molecular weight excluding hydrogens is 356 g/mol. The second-order valence-electron chi connectivity index (χ2n) is 9.92. The van der Waals surface area contributed by atoms with Crippen molar-refractivity contribution < 1.29 is 4.79 Å². The molecule has 2 rings (SSSR count). The van der Waals surface area contributed by atoms with Crippen LogP contribution >= 0.6 is 0 Å². The summed E-state index contributed by atoms with van der Waals surface area (Å²) in [4.78, 5) is 16.8. The maximum Gasteiger partial charge on any atom is 0.226 e. The van der Waals surface area contributed by atoms with Gasteiger partial charge in [0.1, 0.15) is 0 Å². The van der Waals surface area contributed by atoms with Gasteiger partial charge in [-0.25, -0.2) is 0 Å². The molecule has 0 saturated carbocycles. The van der Waals surface area contributed by atoms with Crippen LogP contribution in [-0.4, -0.2) is 42.4 Å². The molecule has 1 amide bonds. The Morgan fingerprint density at radius 3 is 2.45 bits per heavy atom. The highest BCUT2D eigenvalue weighted by Gasteiger charge is 2.27. The predicted octanol–water partition coefficient (Wildman–Crippen LogP) is 6.27. The van der Waals surface area contributed by atoms with Crippen molar-refractivity contribution in [3.63, 3.8) is 0 Å². The Morgan fingerprint density at radius 1 is 1.17 bits per heavy atom. The van der Waals surface area contributed by atoms with Gasteiger partial charge in [-0.15, -0.1) is 0 Å². The number of hydrogen-bond acceptors (Lipinski definition) is 2. The van der Waals surface area contributed by atoms with Gasteiger partial charge in [-0.2, -0.15) is 0 Å². The molecule has 1 heterocycles. The van der Waals surface area contributed by atoms with Crippen molar-refractivity contribution in [1.29, 1.82) is 0 Å². The van der Waals surface area contributed by atoms with E-state index < -0.39 is 0 Å². The summed E-state index contributed by atoms with van der Waals surface area (Å²) in [5.41, 5.74) is 2.70. The SMILES string of the molecule is CCCC(CCC(C)C)CN1CCC(C2=CCC(C)C(N(C)C(=O)CC)=C2)CC1. The van der Waals surface area contributed by atoms with Crippen LogP contribution in [0.5, 0.6) is 0 Å². The second kappa shape index (κ2) is 11.9. The van der Waals surface area contributed by atoms with E-state index in [0.29, 0.717) is 18.3 Å². The molecule has 3 nitrogen and oxygen atoms in total. The zero-order chi connectivity index (χ0) is 21.4. The van der Waals surface area contributed by atoms with E-state index in [1.165, 1.54) is 69.4 Å². The lowest BCUT2D eigenvalue weighted by Gasteiger charge is -2.36. The van der Waals surface area contributed by atoms with E-state index in [2.05, 4.69) is 44.7 Å². The summed E-state index contributed by atoms with van der Waals surface area (Å²) in [5, 5.41) is 0. The van der Waals surface area contributed by atoms with E-state index in [4.69, 9.17) is 0 Å². The maximum atomic E-state index is 12.2. The van der Waals surface area contributed by atoms with Crippen LogP contribution in [0.2, 0.25) is 0 Å². The van der Waals surface area contributed by atoms with E-state index in [1.54, 1.807) is 0 Å². The third-order valence-corrected chi connectivity index (χ3v) is 7.01. The average molecular weight is 403 g/mol. The number of amides is 1. The van der Waals surface area contributed by atoms with Crippen LogP contribution in [0.25, 0.3) is 0 Å². The van der Waals surface area contributed by atoms with Gasteiger partial charge in [0, 0.05) is 25.7 Å². The first-order valence-corrected chi connectivity index (χ1v) is 12.3. The van der Waals surface area contributed by atoms with E-state index in [1.807, 2.05) is 18.9 Å². The van der Waals surface area contributed by atoms with Gasteiger partial charge in [-0.05, 0) is 80.5 Å². The molecule has 0 aromatic carbocycles. The highest BCUT2D eigenvalue weighted by molar-refractivity contribution is 5.77. The number of allylic oxidation sites excluding steroid dienone is 4. The molecule has 29 heavy (non-hydrogen) atoms. The van der Waals surface area contributed by atoms with Crippen LogP contribution in [0.1, 0.15) is 86.0 Å². The summed E-state index contributed by atoms with van der Waals surface area (Å²) < 4.78 is 0. The summed E-state index contributed by atoms with van der Waals surface area (Å²) >= 11 is 0. The van der Waals surface area contributed by atoms with E-state index in [9.17, 15) is 4.79 Å². The fourth-order valence-electron chi connectivity index (χ4n) is 5.02. The fourth-order valence-corrected chi connectivity index (χ4v) is 5.02. The average Bonchev–Trinajstić information content (AvgIpc) is 2.72. The number of hydrogen-bond donors (Lipinski definition) is 0. The molecular formula is C26H46N2O. The monoisotopic (exact) mass is 402 g/mol. The second-order valence-corrected chi connectivity index (χ2v) is 9.92. The molecule has 0 spiro atoms. The molecule has 0 aromatic heterocycles. The standard InChI is InChI=1S/C26H46N2O/c1-7-9-22(12-10-20(3)4)19-28-16-14-23(15-17-28)24-13-11-21(5)25(18-24)27(6)26(29)8-2/h13,18,20-23H,7-12,14-17,19H2,1-6H3. The molecule has 1 saturated heterocycles. The zero-order valence-electron chi connectivity index (χ0n) is 20.0. The van der Waals surface area contributed by atoms with Gasteiger partial charge in [-0.3, -0.25) is 4.79 Å². The quantitative estimate of drug-likeness (QED) is 0.430. The van der Waals surface area contributed by atoms with Crippen molar-refractivity contribution in [3.8, 4) is 0 Å². The van der Waals surface area contributed by atoms with Gasteiger partial charge in [0.2, 0.25) is 5.91 Å². The lowest BCUT2D eigenvalue weighted by Crippen LogP contribution is -2.38. The van der Waals surface area contributed by atoms with Gasteiger partial charge in [0.25, 0.3) is 0 Å². The third kappa shape index (κ3) is 7.27. The third-order valence-electron chi connectivity index (χ3n) is 7.01. The lowest BCUT2D eigenvalue weighted by atomic mass is 9.82. The van der Waals surface area contributed by atoms with Crippen LogP contribution in [0.3, 0.4) is 0 Å². The number of rotatable bonds is 10. The predicted molar refractivity (Wildman–Crippen MR) is 125 cm³/mol. The van der Waals surface area contributed by atoms with E-state index in [-0.39, 0.29) is 5.91 Å². The first-order chi connectivity index (χ1) is 13.8. The van der Waals surface area contributed by atoms with Crippen LogP contribution in [-0.2, 0) is 4.79 Å². The summed E-state index contributed by atoms with van der Waals surface area (Å²) in [5.74, 6) is 3.02. The van der Waals surface area contributed by atoms with Crippen LogP contribution in [0.15, 0.2) is 23.4 Å². The summed E-state index contributed by atoms with van der Waals surface area (Å²) in [6, 6.07) is 0. The Balaban J connectivity index is 1.91. The van der Waals surface area contributed by atoms with Crippen molar-refractivity contribution in [2.75, 3.05) is 26.7 Å². The Kier molecular flexibility index (Phi) is 9.95. The van der Waals surface area contributed by atoms with Gasteiger partial charge < -0.3 is 9.80 Å². The first kappa shape index (κ1) is 24.2. The molecule has 0 N–H and O–H groups in total.